The van der Waals surface area contributed by atoms with Crippen molar-refractivity contribution in [2.45, 2.75) is 45.3 Å². The van der Waals surface area contributed by atoms with Gasteiger partial charge in [0, 0.05) is 23.8 Å². The molecule has 1 aromatic heterocycles. The minimum absolute atomic E-state index is 0.0172. The number of anilines is 2. The SMILES string of the molecule is CC(C)(C)OC(=O)Nc1cccc(C(=O)NCC2CC3CC2C(Nc2nc(Cl)ncc2F)C3C(N)=O)c1. The Bertz CT molecular complexity index is 1210. The van der Waals surface area contributed by atoms with E-state index in [1.807, 2.05) is 0 Å². The van der Waals surface area contributed by atoms with E-state index in [4.69, 9.17) is 22.1 Å². The Morgan fingerprint density at radius 1 is 1.24 bits per heavy atom. The summed E-state index contributed by atoms with van der Waals surface area (Å²) in [6, 6.07) is 6.09. The molecule has 1 heterocycles. The zero-order chi connectivity index (χ0) is 26.9. The molecule has 2 bridgehead atoms. The Labute approximate surface area is 218 Å². The molecule has 12 heteroatoms. The second kappa shape index (κ2) is 10.5. The lowest BCUT2D eigenvalue weighted by molar-refractivity contribution is -0.123. The second-order valence-electron chi connectivity index (χ2n) is 10.5. The van der Waals surface area contributed by atoms with Crippen LogP contribution in [0.4, 0.5) is 20.7 Å². The summed E-state index contributed by atoms with van der Waals surface area (Å²) in [4.78, 5) is 44.7. The molecule has 37 heavy (non-hydrogen) atoms. The van der Waals surface area contributed by atoms with Crippen LogP contribution >= 0.6 is 11.6 Å². The van der Waals surface area contributed by atoms with Gasteiger partial charge in [-0.3, -0.25) is 14.9 Å². The molecule has 2 aliphatic rings. The van der Waals surface area contributed by atoms with Crippen LogP contribution < -0.4 is 21.7 Å². The molecular formula is C25H30ClFN6O4. The maximum Gasteiger partial charge on any atom is 0.412 e. The van der Waals surface area contributed by atoms with Crippen molar-refractivity contribution in [3.8, 4) is 0 Å². The van der Waals surface area contributed by atoms with Crippen LogP contribution in [0.25, 0.3) is 0 Å². The predicted molar refractivity (Wildman–Crippen MR) is 135 cm³/mol. The maximum atomic E-state index is 14.3. The summed E-state index contributed by atoms with van der Waals surface area (Å²) in [5.41, 5.74) is 5.84. The molecular weight excluding hydrogens is 503 g/mol. The first-order valence-corrected chi connectivity index (χ1v) is 12.4. The standard InChI is InChI=1S/C25H30ClFN6O4/c1-25(2,3)37-24(36)31-15-6-4-5-12(8-15)22(35)29-10-14-7-13-9-16(14)19(18(13)20(28)34)32-21-17(27)11-30-23(26)33-21/h4-6,8,11,13-14,16,18-19H,7,9-10H2,1-3H3,(H2,28,34)(H,29,35)(H,31,36)(H,30,32,33). The van der Waals surface area contributed by atoms with Crippen molar-refractivity contribution in [1.82, 2.24) is 15.3 Å². The van der Waals surface area contributed by atoms with Gasteiger partial charge in [0.2, 0.25) is 11.2 Å². The Hall–Kier alpha value is -3.47. The Balaban J connectivity index is 1.40. The number of carbonyl (C=O) groups excluding carboxylic acids is 3. The van der Waals surface area contributed by atoms with Crippen LogP contribution in [0.2, 0.25) is 5.28 Å². The number of ether oxygens (including phenoxy) is 1. The van der Waals surface area contributed by atoms with E-state index in [1.54, 1.807) is 45.0 Å². The van der Waals surface area contributed by atoms with Gasteiger partial charge in [-0.2, -0.15) is 4.98 Å². The van der Waals surface area contributed by atoms with E-state index in [0.29, 0.717) is 24.2 Å². The fourth-order valence-electron chi connectivity index (χ4n) is 5.43. The molecule has 0 aliphatic heterocycles. The highest BCUT2D eigenvalue weighted by molar-refractivity contribution is 6.28. The minimum atomic E-state index is -0.680. The van der Waals surface area contributed by atoms with E-state index in [1.165, 1.54) is 0 Å². The quantitative estimate of drug-likeness (QED) is 0.398. The van der Waals surface area contributed by atoms with E-state index in [9.17, 15) is 18.8 Å². The van der Waals surface area contributed by atoms with Crippen LogP contribution in [-0.4, -0.2) is 46.1 Å². The largest absolute Gasteiger partial charge is 0.444 e. The molecule has 2 fully saturated rings. The zero-order valence-electron chi connectivity index (χ0n) is 20.8. The number of halogens is 2. The smallest absolute Gasteiger partial charge is 0.412 e. The molecule has 198 valence electrons. The van der Waals surface area contributed by atoms with Gasteiger partial charge < -0.3 is 21.1 Å². The summed E-state index contributed by atoms with van der Waals surface area (Å²) in [6.07, 6.45) is 1.79. The first kappa shape index (κ1) is 26.6. The molecule has 0 spiro atoms. The Morgan fingerprint density at radius 2 is 2.00 bits per heavy atom. The fraction of sp³-hybridized carbons (Fsp3) is 0.480. The van der Waals surface area contributed by atoms with E-state index in [0.717, 1.165) is 12.6 Å². The van der Waals surface area contributed by atoms with Crippen molar-refractivity contribution in [3.63, 3.8) is 0 Å². The molecule has 0 saturated heterocycles. The molecule has 2 aromatic rings. The van der Waals surface area contributed by atoms with Gasteiger partial charge in [-0.05, 0) is 81.2 Å². The third kappa shape index (κ3) is 6.27. The number of benzene rings is 1. The van der Waals surface area contributed by atoms with E-state index >= 15 is 0 Å². The summed E-state index contributed by atoms with van der Waals surface area (Å²) in [5, 5.41) is 8.48. The number of hydrogen-bond donors (Lipinski definition) is 4. The first-order valence-electron chi connectivity index (χ1n) is 12.0. The predicted octanol–water partition coefficient (Wildman–Crippen LogP) is 3.58. The summed E-state index contributed by atoms with van der Waals surface area (Å²) in [7, 11) is 0. The van der Waals surface area contributed by atoms with Crippen LogP contribution in [0.3, 0.4) is 0 Å². The molecule has 5 unspecified atom stereocenters. The van der Waals surface area contributed by atoms with Gasteiger partial charge in [-0.1, -0.05) is 6.07 Å². The van der Waals surface area contributed by atoms with Gasteiger partial charge in [0.1, 0.15) is 5.60 Å². The highest BCUT2D eigenvalue weighted by Crippen LogP contribution is 2.52. The topological polar surface area (TPSA) is 148 Å². The number of aromatic nitrogens is 2. The highest BCUT2D eigenvalue weighted by Gasteiger charge is 2.55. The molecule has 4 rings (SSSR count). The lowest BCUT2D eigenvalue weighted by Crippen LogP contribution is -2.47. The average Bonchev–Trinajstić information content (AvgIpc) is 3.37. The van der Waals surface area contributed by atoms with Gasteiger partial charge in [-0.25, -0.2) is 14.2 Å². The van der Waals surface area contributed by atoms with Gasteiger partial charge in [0.05, 0.1) is 12.1 Å². The number of nitrogens with one attached hydrogen (secondary N) is 3. The first-order chi connectivity index (χ1) is 17.4. The third-order valence-electron chi connectivity index (χ3n) is 6.78. The molecule has 5 N–H and O–H groups in total. The minimum Gasteiger partial charge on any atom is -0.444 e. The normalized spacial score (nSPS) is 24.4. The van der Waals surface area contributed by atoms with Crippen molar-refractivity contribution in [1.29, 1.82) is 0 Å². The van der Waals surface area contributed by atoms with Crippen molar-refractivity contribution in [3.05, 3.63) is 47.1 Å². The number of nitrogens with two attached hydrogens (primary N) is 1. The summed E-state index contributed by atoms with van der Waals surface area (Å²) in [5.74, 6) is -1.98. The number of amides is 3. The monoisotopic (exact) mass is 532 g/mol. The van der Waals surface area contributed by atoms with Crippen LogP contribution in [0.1, 0.15) is 44.0 Å². The molecule has 5 atom stereocenters. The molecule has 1 aromatic carbocycles. The molecule has 0 radical (unpaired) electrons. The van der Waals surface area contributed by atoms with Gasteiger partial charge in [-0.15, -0.1) is 0 Å². The van der Waals surface area contributed by atoms with Gasteiger partial charge in [0.25, 0.3) is 5.91 Å². The number of rotatable bonds is 7. The van der Waals surface area contributed by atoms with Crippen LogP contribution in [-0.2, 0) is 9.53 Å². The van der Waals surface area contributed by atoms with E-state index in [-0.39, 0.29) is 34.8 Å². The van der Waals surface area contributed by atoms with Gasteiger partial charge in [0.15, 0.2) is 11.6 Å². The molecule has 3 amide bonds. The van der Waals surface area contributed by atoms with E-state index in [2.05, 4.69) is 25.9 Å². The molecule has 2 saturated carbocycles. The summed E-state index contributed by atoms with van der Waals surface area (Å²) in [6.45, 7) is 5.64. The van der Waals surface area contributed by atoms with Crippen molar-refractivity contribution in [2.24, 2.45) is 29.4 Å². The second-order valence-corrected chi connectivity index (χ2v) is 10.8. The average molecular weight is 533 g/mol. The number of carbonyl (C=O) groups is 3. The van der Waals surface area contributed by atoms with Crippen LogP contribution in [0, 0.1) is 29.5 Å². The van der Waals surface area contributed by atoms with Crippen molar-refractivity contribution < 1.29 is 23.5 Å². The van der Waals surface area contributed by atoms with Crippen LogP contribution in [0.5, 0.6) is 0 Å². The highest BCUT2D eigenvalue weighted by atomic mass is 35.5. The van der Waals surface area contributed by atoms with Gasteiger partial charge >= 0.3 is 6.09 Å². The maximum absolute atomic E-state index is 14.3. The Kier molecular flexibility index (Phi) is 7.54. The van der Waals surface area contributed by atoms with Crippen molar-refractivity contribution >= 4 is 41.0 Å². The molecule has 10 nitrogen and oxygen atoms in total. The van der Waals surface area contributed by atoms with E-state index < -0.39 is 35.4 Å². The number of primary amides is 1. The molecule has 2 aliphatic carbocycles. The van der Waals surface area contributed by atoms with Crippen LogP contribution in [0.15, 0.2) is 30.5 Å². The third-order valence-corrected chi connectivity index (χ3v) is 6.97. The number of nitrogens with zero attached hydrogens (tertiary/aromatic N) is 2. The van der Waals surface area contributed by atoms with Crippen molar-refractivity contribution in [2.75, 3.05) is 17.2 Å². The Morgan fingerprint density at radius 3 is 2.70 bits per heavy atom. The lowest BCUT2D eigenvalue weighted by atomic mass is 9.77. The number of fused-ring (bicyclic) bond motifs is 2. The fourth-order valence-corrected chi connectivity index (χ4v) is 5.56. The number of hydrogen-bond acceptors (Lipinski definition) is 7. The summed E-state index contributed by atoms with van der Waals surface area (Å²) < 4.78 is 19.5. The summed E-state index contributed by atoms with van der Waals surface area (Å²) >= 11 is 5.82. The zero-order valence-corrected chi connectivity index (χ0v) is 21.5. The lowest BCUT2D eigenvalue weighted by Gasteiger charge is -2.35.